The number of primary sulfonamides is 1. The molecule has 112 valence electrons. The van der Waals surface area contributed by atoms with Gasteiger partial charge in [-0.1, -0.05) is 0 Å². The molecule has 6 nitrogen and oxygen atoms in total. The maximum absolute atomic E-state index is 12.3. The molecule has 1 aliphatic carbocycles. The minimum absolute atomic E-state index is 0.00682. The first-order valence-corrected chi connectivity index (χ1v) is 8.68. The summed E-state index contributed by atoms with van der Waals surface area (Å²) in [6, 6.07) is 3.40. The van der Waals surface area contributed by atoms with E-state index in [1.165, 1.54) is 6.07 Å². The third-order valence-corrected chi connectivity index (χ3v) is 5.61. The van der Waals surface area contributed by atoms with Crippen molar-refractivity contribution in [2.24, 2.45) is 5.14 Å². The first kappa shape index (κ1) is 15.4. The number of amides is 1. The van der Waals surface area contributed by atoms with Crippen LogP contribution in [0.4, 0.5) is 0 Å². The predicted molar refractivity (Wildman–Crippen MR) is 76.0 cm³/mol. The van der Waals surface area contributed by atoms with Crippen LogP contribution in [0, 0.1) is 0 Å². The summed E-state index contributed by atoms with van der Waals surface area (Å²) in [6.45, 7) is 1.09. The second kappa shape index (κ2) is 6.21. The van der Waals surface area contributed by atoms with E-state index < -0.39 is 10.0 Å². The van der Waals surface area contributed by atoms with E-state index in [2.05, 4.69) is 0 Å². The topological polar surface area (TPSA) is 89.7 Å². The lowest BCUT2D eigenvalue weighted by atomic mass is 10.3. The summed E-state index contributed by atoms with van der Waals surface area (Å²) in [5, 5.41) is 5.06. The van der Waals surface area contributed by atoms with Gasteiger partial charge in [-0.05, 0) is 25.0 Å². The summed E-state index contributed by atoms with van der Waals surface area (Å²) >= 11 is 1.05. The van der Waals surface area contributed by atoms with Crippen LogP contribution >= 0.6 is 11.3 Å². The smallest absolute Gasteiger partial charge is 0.247 e. The Morgan fingerprint density at radius 3 is 2.70 bits per heavy atom. The zero-order valence-corrected chi connectivity index (χ0v) is 12.9. The molecule has 1 heterocycles. The lowest BCUT2D eigenvalue weighted by molar-refractivity contribution is -0.131. The summed E-state index contributed by atoms with van der Waals surface area (Å²) in [6.07, 6.45) is 2.27. The molecule has 0 atom stereocenters. The first-order chi connectivity index (χ1) is 9.41. The van der Waals surface area contributed by atoms with Gasteiger partial charge in [0.25, 0.3) is 0 Å². The highest BCUT2D eigenvalue weighted by atomic mass is 32.2. The van der Waals surface area contributed by atoms with Crippen LogP contribution in [-0.2, 0) is 26.0 Å². The molecule has 0 unspecified atom stereocenters. The van der Waals surface area contributed by atoms with E-state index in [9.17, 15) is 13.2 Å². The van der Waals surface area contributed by atoms with E-state index in [4.69, 9.17) is 9.88 Å². The van der Waals surface area contributed by atoms with Gasteiger partial charge in [-0.2, -0.15) is 0 Å². The first-order valence-electron chi connectivity index (χ1n) is 6.31. The number of carbonyl (C=O) groups excluding carboxylic acids is 1. The Bertz CT molecular complexity index is 578. The molecule has 0 aromatic carbocycles. The number of thiophene rings is 1. The van der Waals surface area contributed by atoms with E-state index in [0.29, 0.717) is 24.1 Å². The van der Waals surface area contributed by atoms with Crippen molar-refractivity contribution >= 4 is 27.3 Å². The summed E-state index contributed by atoms with van der Waals surface area (Å²) in [7, 11) is -2.08. The average Bonchev–Trinajstić information content (AvgIpc) is 3.07. The Morgan fingerprint density at radius 1 is 1.50 bits per heavy atom. The third kappa shape index (κ3) is 4.02. The Hall–Kier alpha value is -0.960. The zero-order chi connectivity index (χ0) is 14.8. The molecule has 1 saturated carbocycles. The van der Waals surface area contributed by atoms with Crippen LogP contribution in [0.3, 0.4) is 0 Å². The normalized spacial score (nSPS) is 15.3. The van der Waals surface area contributed by atoms with Crippen molar-refractivity contribution in [2.75, 3.05) is 20.3 Å². The van der Waals surface area contributed by atoms with E-state index in [1.807, 2.05) is 4.90 Å². The van der Waals surface area contributed by atoms with Crippen molar-refractivity contribution in [1.29, 1.82) is 0 Å². The standard InChI is InChI=1S/C12H18N2O4S2/c1-18-7-6-14(9-2-3-9)11(15)8-10-4-5-12(19-10)20(13,16)17/h4-5,9H,2-3,6-8H2,1H3,(H2,13,16,17). The Kier molecular flexibility index (Phi) is 4.79. The Morgan fingerprint density at radius 2 is 2.20 bits per heavy atom. The van der Waals surface area contributed by atoms with E-state index in [0.717, 1.165) is 24.2 Å². The van der Waals surface area contributed by atoms with E-state index in [-0.39, 0.29) is 16.5 Å². The Balaban J connectivity index is 2.00. The summed E-state index contributed by atoms with van der Waals surface area (Å²) < 4.78 is 27.5. The summed E-state index contributed by atoms with van der Waals surface area (Å²) in [5.41, 5.74) is 0. The molecule has 8 heteroatoms. The van der Waals surface area contributed by atoms with E-state index >= 15 is 0 Å². The van der Waals surface area contributed by atoms with Gasteiger partial charge in [-0.15, -0.1) is 11.3 Å². The maximum atomic E-state index is 12.3. The minimum Gasteiger partial charge on any atom is -0.383 e. The molecule has 1 aliphatic rings. The quantitative estimate of drug-likeness (QED) is 0.796. The summed E-state index contributed by atoms with van der Waals surface area (Å²) in [4.78, 5) is 14.8. The van der Waals surface area contributed by atoms with Crippen molar-refractivity contribution in [3.63, 3.8) is 0 Å². The molecular formula is C12H18N2O4S2. The molecular weight excluding hydrogens is 300 g/mol. The van der Waals surface area contributed by atoms with Crippen molar-refractivity contribution < 1.29 is 17.9 Å². The number of nitrogens with zero attached hydrogens (tertiary/aromatic N) is 1. The van der Waals surface area contributed by atoms with Crippen molar-refractivity contribution in [3.8, 4) is 0 Å². The van der Waals surface area contributed by atoms with E-state index in [1.54, 1.807) is 13.2 Å². The molecule has 0 bridgehead atoms. The van der Waals surface area contributed by atoms with Gasteiger partial charge in [0.1, 0.15) is 4.21 Å². The number of rotatable bonds is 7. The lowest BCUT2D eigenvalue weighted by Crippen LogP contribution is -2.36. The van der Waals surface area contributed by atoms with Crippen LogP contribution in [0.25, 0.3) is 0 Å². The van der Waals surface area contributed by atoms with Crippen LogP contribution in [0.1, 0.15) is 17.7 Å². The number of methoxy groups -OCH3 is 1. The van der Waals surface area contributed by atoms with Gasteiger partial charge in [0.05, 0.1) is 13.0 Å². The number of nitrogens with two attached hydrogens (primary N) is 1. The molecule has 20 heavy (non-hydrogen) atoms. The number of ether oxygens (including phenoxy) is 1. The molecule has 1 aromatic heterocycles. The van der Waals surface area contributed by atoms with Crippen molar-refractivity contribution in [1.82, 2.24) is 4.90 Å². The zero-order valence-electron chi connectivity index (χ0n) is 11.2. The fraction of sp³-hybridized carbons (Fsp3) is 0.583. The molecule has 1 fully saturated rings. The number of hydrogen-bond acceptors (Lipinski definition) is 5. The molecule has 1 amide bonds. The second-order valence-corrected chi connectivity index (χ2v) is 7.71. The lowest BCUT2D eigenvalue weighted by Gasteiger charge is -2.21. The average molecular weight is 318 g/mol. The predicted octanol–water partition coefficient (Wildman–Crippen LogP) is 0.575. The molecule has 0 saturated heterocycles. The van der Waals surface area contributed by atoms with Gasteiger partial charge < -0.3 is 9.64 Å². The second-order valence-electron chi connectivity index (χ2n) is 4.75. The minimum atomic E-state index is -3.68. The highest BCUT2D eigenvalue weighted by molar-refractivity contribution is 7.91. The van der Waals surface area contributed by atoms with Gasteiger partial charge in [-0.3, -0.25) is 4.79 Å². The molecule has 0 radical (unpaired) electrons. The van der Waals surface area contributed by atoms with Crippen molar-refractivity contribution in [3.05, 3.63) is 17.0 Å². The third-order valence-electron chi connectivity index (χ3n) is 3.09. The summed E-state index contributed by atoms with van der Waals surface area (Å²) in [5.74, 6) is 0.00682. The van der Waals surface area contributed by atoms with Gasteiger partial charge in [0, 0.05) is 24.6 Å². The van der Waals surface area contributed by atoms with Gasteiger partial charge in [0.2, 0.25) is 15.9 Å². The van der Waals surface area contributed by atoms with Crippen LogP contribution in [0.5, 0.6) is 0 Å². The highest BCUT2D eigenvalue weighted by Crippen LogP contribution is 2.28. The molecule has 0 aliphatic heterocycles. The monoisotopic (exact) mass is 318 g/mol. The fourth-order valence-corrected chi connectivity index (χ4v) is 3.71. The van der Waals surface area contributed by atoms with Crippen LogP contribution in [-0.4, -0.2) is 45.5 Å². The molecule has 1 aromatic rings. The van der Waals surface area contributed by atoms with Crippen LogP contribution in [0.15, 0.2) is 16.3 Å². The molecule has 0 spiro atoms. The number of carbonyl (C=O) groups is 1. The number of hydrogen-bond donors (Lipinski definition) is 1. The van der Waals surface area contributed by atoms with Gasteiger partial charge in [-0.25, -0.2) is 13.6 Å². The molecule has 2 N–H and O–H groups in total. The Labute approximate surface area is 122 Å². The largest absolute Gasteiger partial charge is 0.383 e. The van der Waals surface area contributed by atoms with Crippen molar-refractivity contribution in [2.45, 2.75) is 29.5 Å². The maximum Gasteiger partial charge on any atom is 0.247 e. The number of sulfonamides is 1. The molecule has 2 rings (SSSR count). The van der Waals surface area contributed by atoms with Crippen LogP contribution < -0.4 is 5.14 Å². The van der Waals surface area contributed by atoms with Gasteiger partial charge in [0.15, 0.2) is 0 Å². The highest BCUT2D eigenvalue weighted by Gasteiger charge is 2.32. The van der Waals surface area contributed by atoms with Gasteiger partial charge >= 0.3 is 0 Å². The fourth-order valence-electron chi connectivity index (χ4n) is 1.94. The van der Waals surface area contributed by atoms with Crippen LogP contribution in [0.2, 0.25) is 0 Å². The SMILES string of the molecule is COCCN(C(=O)Cc1ccc(S(N)(=O)=O)s1)C1CC1.